The van der Waals surface area contributed by atoms with Crippen LogP contribution in [0.15, 0.2) is 48.5 Å². The molecule has 0 saturated carbocycles. The van der Waals surface area contributed by atoms with Gasteiger partial charge in [0.15, 0.2) is 0 Å². The molecule has 0 fully saturated rings. The number of hydrogen-bond acceptors (Lipinski definition) is 3. The monoisotopic (exact) mass is 309 g/mol. The minimum Gasteiger partial charge on any atom is -0.495 e. The van der Waals surface area contributed by atoms with Gasteiger partial charge in [0.1, 0.15) is 11.6 Å². The highest BCUT2D eigenvalue weighted by molar-refractivity contribution is 7.92. The Balaban J connectivity index is 2.48. The van der Waals surface area contributed by atoms with Gasteiger partial charge < -0.3 is 4.74 Å². The van der Waals surface area contributed by atoms with Gasteiger partial charge in [-0.3, -0.25) is 4.31 Å². The van der Waals surface area contributed by atoms with Crippen LogP contribution in [0, 0.1) is 5.82 Å². The van der Waals surface area contributed by atoms with Gasteiger partial charge in [0.25, 0.3) is 0 Å². The lowest BCUT2D eigenvalue weighted by atomic mass is 10.2. The predicted molar refractivity (Wildman–Crippen MR) is 80.4 cm³/mol. The van der Waals surface area contributed by atoms with E-state index in [1.165, 1.54) is 13.2 Å². The van der Waals surface area contributed by atoms with E-state index >= 15 is 0 Å². The minimum atomic E-state index is -3.58. The van der Waals surface area contributed by atoms with E-state index in [9.17, 15) is 12.8 Å². The molecule has 0 radical (unpaired) electrons. The van der Waals surface area contributed by atoms with Crippen molar-refractivity contribution in [3.05, 3.63) is 59.9 Å². The number of hydrogen-bond donors (Lipinski definition) is 0. The Hall–Kier alpha value is -2.08. The van der Waals surface area contributed by atoms with E-state index in [1.807, 2.05) is 0 Å². The van der Waals surface area contributed by atoms with Crippen LogP contribution in [0.2, 0.25) is 0 Å². The molecule has 112 valence electrons. The van der Waals surface area contributed by atoms with Gasteiger partial charge in [0.05, 0.1) is 25.6 Å². The molecule has 0 bridgehead atoms. The number of methoxy groups -OCH3 is 1. The summed E-state index contributed by atoms with van der Waals surface area (Å²) in [7, 11) is -2.12. The molecular weight excluding hydrogens is 293 g/mol. The Morgan fingerprint density at radius 3 is 2.33 bits per heavy atom. The summed E-state index contributed by atoms with van der Waals surface area (Å²) < 4.78 is 44.2. The maximum Gasteiger partial charge on any atom is 0.232 e. The second-order valence-electron chi connectivity index (χ2n) is 4.53. The second-order valence-corrected chi connectivity index (χ2v) is 6.44. The third-order valence-electron chi connectivity index (χ3n) is 3.03. The van der Waals surface area contributed by atoms with Gasteiger partial charge in [-0.05, 0) is 18.2 Å². The summed E-state index contributed by atoms with van der Waals surface area (Å²) in [6.07, 6.45) is 1.08. The van der Waals surface area contributed by atoms with E-state index in [1.54, 1.807) is 42.5 Å². The molecule has 2 aromatic carbocycles. The molecule has 0 unspecified atom stereocenters. The van der Waals surface area contributed by atoms with Crippen molar-refractivity contribution in [2.75, 3.05) is 17.7 Å². The summed E-state index contributed by atoms with van der Waals surface area (Å²) in [5.41, 5.74) is 0.680. The average Bonchev–Trinajstić information content (AvgIpc) is 2.45. The molecule has 0 aliphatic rings. The molecule has 0 aliphatic carbocycles. The first-order valence-electron chi connectivity index (χ1n) is 6.27. The Bertz CT molecular complexity index is 731. The predicted octanol–water partition coefficient (Wildman–Crippen LogP) is 2.80. The molecule has 21 heavy (non-hydrogen) atoms. The van der Waals surface area contributed by atoms with Gasteiger partial charge in [-0.2, -0.15) is 0 Å². The number of nitrogens with zero attached hydrogens (tertiary/aromatic N) is 1. The van der Waals surface area contributed by atoms with E-state index in [0.29, 0.717) is 17.0 Å². The Kier molecular flexibility index (Phi) is 4.47. The third-order valence-corrected chi connectivity index (χ3v) is 4.15. The minimum absolute atomic E-state index is 0.0914. The summed E-state index contributed by atoms with van der Waals surface area (Å²) in [6, 6.07) is 12.8. The van der Waals surface area contributed by atoms with Gasteiger partial charge in [0.2, 0.25) is 10.0 Å². The number of halogens is 1. The van der Waals surface area contributed by atoms with Crippen LogP contribution in [0.4, 0.5) is 10.1 Å². The molecule has 0 N–H and O–H groups in total. The lowest BCUT2D eigenvalue weighted by molar-refractivity contribution is 0.415. The molecule has 0 atom stereocenters. The number of anilines is 1. The van der Waals surface area contributed by atoms with Crippen LogP contribution in [0.5, 0.6) is 5.75 Å². The summed E-state index contributed by atoms with van der Waals surface area (Å²) in [5.74, 6) is -0.0275. The highest BCUT2D eigenvalue weighted by Gasteiger charge is 2.22. The van der Waals surface area contributed by atoms with Crippen molar-refractivity contribution >= 4 is 15.7 Å². The zero-order valence-electron chi connectivity index (χ0n) is 11.8. The molecule has 2 aromatic rings. The summed E-state index contributed by atoms with van der Waals surface area (Å²) in [5, 5.41) is 0. The molecule has 4 nitrogen and oxygen atoms in total. The number of ether oxygens (including phenoxy) is 1. The van der Waals surface area contributed by atoms with Crippen molar-refractivity contribution < 1.29 is 17.5 Å². The van der Waals surface area contributed by atoms with Crippen molar-refractivity contribution in [3.63, 3.8) is 0 Å². The van der Waals surface area contributed by atoms with Crippen molar-refractivity contribution in [1.82, 2.24) is 0 Å². The van der Waals surface area contributed by atoms with E-state index in [4.69, 9.17) is 4.74 Å². The standard InChI is InChI=1S/C15H16FNO3S/c1-20-15-10-6-5-9-14(15)17(21(2,18)19)11-12-7-3-4-8-13(12)16/h3-10H,11H2,1-2H3. The molecule has 6 heteroatoms. The largest absolute Gasteiger partial charge is 0.495 e. The van der Waals surface area contributed by atoms with Crippen LogP contribution < -0.4 is 9.04 Å². The number of benzene rings is 2. The van der Waals surface area contributed by atoms with Crippen molar-refractivity contribution in [1.29, 1.82) is 0 Å². The lowest BCUT2D eigenvalue weighted by Crippen LogP contribution is -2.30. The highest BCUT2D eigenvalue weighted by Crippen LogP contribution is 2.31. The average molecular weight is 309 g/mol. The van der Waals surface area contributed by atoms with E-state index < -0.39 is 15.8 Å². The normalized spacial score (nSPS) is 11.2. The highest BCUT2D eigenvalue weighted by atomic mass is 32.2. The Morgan fingerprint density at radius 1 is 1.10 bits per heavy atom. The van der Waals surface area contributed by atoms with Gasteiger partial charge in [-0.25, -0.2) is 12.8 Å². The maximum absolute atomic E-state index is 13.8. The van der Waals surface area contributed by atoms with E-state index in [2.05, 4.69) is 0 Å². The molecule has 0 aromatic heterocycles. The lowest BCUT2D eigenvalue weighted by Gasteiger charge is -2.24. The Morgan fingerprint density at radius 2 is 1.71 bits per heavy atom. The molecule has 2 rings (SSSR count). The fraction of sp³-hybridized carbons (Fsp3) is 0.200. The molecule has 0 amide bonds. The van der Waals surface area contributed by atoms with Crippen molar-refractivity contribution in [3.8, 4) is 5.75 Å². The topological polar surface area (TPSA) is 46.6 Å². The third kappa shape index (κ3) is 3.52. The molecule has 0 saturated heterocycles. The van der Waals surface area contributed by atoms with E-state index in [0.717, 1.165) is 10.6 Å². The van der Waals surface area contributed by atoms with Crippen LogP contribution in [-0.2, 0) is 16.6 Å². The smallest absolute Gasteiger partial charge is 0.232 e. The second kappa shape index (κ2) is 6.13. The van der Waals surface area contributed by atoms with E-state index in [-0.39, 0.29) is 6.54 Å². The fourth-order valence-electron chi connectivity index (χ4n) is 2.00. The van der Waals surface area contributed by atoms with Crippen LogP contribution in [0.1, 0.15) is 5.56 Å². The summed E-state index contributed by atoms with van der Waals surface area (Å²) in [6.45, 7) is -0.0914. The van der Waals surface area contributed by atoms with Crippen molar-refractivity contribution in [2.24, 2.45) is 0 Å². The number of sulfonamides is 1. The van der Waals surface area contributed by atoms with Crippen LogP contribution in [0.3, 0.4) is 0 Å². The molecule has 0 heterocycles. The zero-order chi connectivity index (χ0) is 15.5. The molecule has 0 aliphatic heterocycles. The maximum atomic E-state index is 13.8. The SMILES string of the molecule is COc1ccccc1N(Cc1ccccc1F)S(C)(=O)=O. The van der Waals surface area contributed by atoms with Crippen molar-refractivity contribution in [2.45, 2.75) is 6.54 Å². The number of para-hydroxylation sites is 2. The van der Waals surface area contributed by atoms with Crippen LogP contribution >= 0.6 is 0 Å². The van der Waals surface area contributed by atoms with Crippen LogP contribution in [-0.4, -0.2) is 21.8 Å². The molecule has 0 spiro atoms. The first-order chi connectivity index (χ1) is 9.93. The van der Waals surface area contributed by atoms with Gasteiger partial charge in [-0.1, -0.05) is 30.3 Å². The summed E-state index contributed by atoms with van der Waals surface area (Å²) >= 11 is 0. The molecular formula is C15H16FNO3S. The van der Waals surface area contributed by atoms with Gasteiger partial charge >= 0.3 is 0 Å². The summed E-state index contributed by atoms with van der Waals surface area (Å²) in [4.78, 5) is 0. The first-order valence-corrected chi connectivity index (χ1v) is 8.12. The number of rotatable bonds is 5. The van der Waals surface area contributed by atoms with Gasteiger partial charge in [-0.15, -0.1) is 0 Å². The van der Waals surface area contributed by atoms with Crippen LogP contribution in [0.25, 0.3) is 0 Å². The Labute approximate surface area is 123 Å². The first kappa shape index (κ1) is 15.3. The fourth-order valence-corrected chi connectivity index (χ4v) is 2.88. The zero-order valence-corrected chi connectivity index (χ0v) is 12.6. The van der Waals surface area contributed by atoms with Gasteiger partial charge in [0, 0.05) is 5.56 Å². The quantitative estimate of drug-likeness (QED) is 0.853.